The fourth-order valence-electron chi connectivity index (χ4n) is 1.60. The number of nitrogens with zero attached hydrogens (tertiary/aromatic N) is 2. The van der Waals surface area contributed by atoms with Crippen LogP contribution in [0.2, 0.25) is 0 Å². The Kier molecular flexibility index (Phi) is 3.04. The molecule has 0 amide bonds. The number of nitrogen functional groups attached to an aromatic ring is 1. The molecule has 1 aromatic heterocycles. The summed E-state index contributed by atoms with van der Waals surface area (Å²) < 4.78 is 13.3. The van der Waals surface area contributed by atoms with Gasteiger partial charge in [0.05, 0.1) is 5.69 Å². The van der Waals surface area contributed by atoms with Crippen LogP contribution in [0.15, 0.2) is 24.3 Å². The van der Waals surface area contributed by atoms with E-state index in [1.807, 2.05) is 24.3 Å². The molecule has 17 heavy (non-hydrogen) atoms. The van der Waals surface area contributed by atoms with Gasteiger partial charge in [0, 0.05) is 5.56 Å². The van der Waals surface area contributed by atoms with Gasteiger partial charge in [-0.15, -0.1) is 0 Å². The second-order valence-electron chi connectivity index (χ2n) is 3.88. The molecule has 0 aliphatic carbocycles. The Morgan fingerprint density at radius 3 is 2.35 bits per heavy atom. The third kappa shape index (κ3) is 2.25. The monoisotopic (exact) mass is 231 g/mol. The van der Waals surface area contributed by atoms with Crippen molar-refractivity contribution in [3.05, 3.63) is 41.3 Å². The van der Waals surface area contributed by atoms with Crippen LogP contribution in [0.4, 0.5) is 10.2 Å². The fraction of sp³-hybridized carbons (Fsp3) is 0.231. The largest absolute Gasteiger partial charge is 0.381 e. The molecule has 0 radical (unpaired) electrons. The molecule has 4 heteroatoms. The van der Waals surface area contributed by atoms with Gasteiger partial charge in [-0.25, -0.2) is 14.4 Å². The van der Waals surface area contributed by atoms with Crippen LogP contribution in [-0.4, -0.2) is 9.97 Å². The third-order valence-electron chi connectivity index (χ3n) is 2.66. The van der Waals surface area contributed by atoms with Crippen molar-refractivity contribution in [3.63, 3.8) is 0 Å². The maximum absolute atomic E-state index is 13.3. The van der Waals surface area contributed by atoms with Crippen LogP contribution in [0, 0.1) is 12.7 Å². The molecule has 3 nitrogen and oxygen atoms in total. The van der Waals surface area contributed by atoms with E-state index >= 15 is 0 Å². The minimum absolute atomic E-state index is 0.105. The lowest BCUT2D eigenvalue weighted by Gasteiger charge is -2.05. The number of halogens is 1. The molecule has 0 atom stereocenters. The molecule has 0 aliphatic rings. The van der Waals surface area contributed by atoms with Gasteiger partial charge < -0.3 is 5.73 Å². The van der Waals surface area contributed by atoms with Crippen LogP contribution in [-0.2, 0) is 6.42 Å². The lowest BCUT2D eigenvalue weighted by Crippen LogP contribution is -2.02. The zero-order chi connectivity index (χ0) is 12.4. The van der Waals surface area contributed by atoms with Crippen molar-refractivity contribution in [1.29, 1.82) is 0 Å². The molecule has 0 spiro atoms. The lowest BCUT2D eigenvalue weighted by molar-refractivity contribution is 0.608. The summed E-state index contributed by atoms with van der Waals surface area (Å²) in [7, 11) is 0. The normalized spacial score (nSPS) is 10.5. The second-order valence-corrected chi connectivity index (χ2v) is 3.88. The molecule has 0 fully saturated rings. The number of hydrogen-bond donors (Lipinski definition) is 1. The number of benzene rings is 1. The predicted molar refractivity (Wildman–Crippen MR) is 66.0 cm³/mol. The van der Waals surface area contributed by atoms with Crippen molar-refractivity contribution in [1.82, 2.24) is 9.97 Å². The topological polar surface area (TPSA) is 51.8 Å². The molecular weight excluding hydrogens is 217 g/mol. The lowest BCUT2D eigenvalue weighted by atomic mass is 10.1. The molecule has 2 N–H and O–H groups in total. The summed E-state index contributed by atoms with van der Waals surface area (Å²) in [5.41, 5.74) is 7.84. The average Bonchev–Trinajstić information content (AvgIpc) is 2.35. The van der Waals surface area contributed by atoms with Gasteiger partial charge >= 0.3 is 0 Å². The molecule has 0 saturated carbocycles. The molecule has 1 aromatic carbocycles. The number of aromatic nitrogens is 2. The average molecular weight is 231 g/mol. The highest BCUT2D eigenvalue weighted by molar-refractivity contribution is 5.57. The van der Waals surface area contributed by atoms with Crippen LogP contribution in [0.1, 0.15) is 18.2 Å². The van der Waals surface area contributed by atoms with Gasteiger partial charge in [0.15, 0.2) is 17.5 Å². The molecule has 2 aromatic rings. The Hall–Kier alpha value is -1.97. The minimum Gasteiger partial charge on any atom is -0.381 e. The van der Waals surface area contributed by atoms with Crippen molar-refractivity contribution < 1.29 is 4.39 Å². The van der Waals surface area contributed by atoms with Gasteiger partial charge in [0.2, 0.25) is 0 Å². The van der Waals surface area contributed by atoms with Crippen LogP contribution in [0.25, 0.3) is 11.4 Å². The van der Waals surface area contributed by atoms with Crippen LogP contribution < -0.4 is 5.73 Å². The first-order valence-corrected chi connectivity index (χ1v) is 5.50. The zero-order valence-corrected chi connectivity index (χ0v) is 9.87. The summed E-state index contributed by atoms with van der Waals surface area (Å²) in [5, 5.41) is 0. The summed E-state index contributed by atoms with van der Waals surface area (Å²) in [4.78, 5) is 8.04. The highest BCUT2D eigenvalue weighted by atomic mass is 19.1. The summed E-state index contributed by atoms with van der Waals surface area (Å²) in [6.07, 6.45) is 0.978. The van der Waals surface area contributed by atoms with E-state index in [0.29, 0.717) is 5.82 Å². The Morgan fingerprint density at radius 1 is 1.18 bits per heavy atom. The quantitative estimate of drug-likeness (QED) is 0.864. The van der Waals surface area contributed by atoms with Crippen LogP contribution in [0.3, 0.4) is 0 Å². The van der Waals surface area contributed by atoms with E-state index in [9.17, 15) is 4.39 Å². The van der Waals surface area contributed by atoms with E-state index in [-0.39, 0.29) is 11.5 Å². The van der Waals surface area contributed by atoms with Gasteiger partial charge in [-0.2, -0.15) is 0 Å². The van der Waals surface area contributed by atoms with Crippen molar-refractivity contribution in [3.8, 4) is 11.4 Å². The third-order valence-corrected chi connectivity index (χ3v) is 2.66. The highest BCUT2D eigenvalue weighted by Gasteiger charge is 2.09. The zero-order valence-electron chi connectivity index (χ0n) is 9.87. The van der Waals surface area contributed by atoms with Gasteiger partial charge in [0.1, 0.15) is 0 Å². The predicted octanol–water partition coefficient (Wildman–Crippen LogP) is 2.74. The Balaban J connectivity index is 2.45. The highest BCUT2D eigenvalue weighted by Crippen LogP contribution is 2.19. The summed E-state index contributed by atoms with van der Waals surface area (Å²) >= 11 is 0. The first-order valence-electron chi connectivity index (χ1n) is 5.50. The smallest absolute Gasteiger partial charge is 0.186 e. The summed E-state index contributed by atoms with van der Waals surface area (Å²) in [6, 6.07) is 7.86. The number of rotatable bonds is 2. The standard InChI is InChI=1S/C13H14FN3/c1-3-9-4-6-10(7-5-9)13-16-8(2)11(14)12(15)17-13/h4-7H,3H2,1-2H3,(H2,15,16,17). The summed E-state index contributed by atoms with van der Waals surface area (Å²) in [5.74, 6) is -0.185. The minimum atomic E-state index is -0.543. The molecular formula is C13H14FN3. The van der Waals surface area contributed by atoms with E-state index < -0.39 is 5.82 Å². The number of anilines is 1. The first kappa shape index (κ1) is 11.5. The van der Waals surface area contributed by atoms with E-state index in [2.05, 4.69) is 16.9 Å². The Labute approximate surface area is 99.5 Å². The fourth-order valence-corrected chi connectivity index (χ4v) is 1.60. The number of nitrogens with two attached hydrogens (primary N) is 1. The van der Waals surface area contributed by atoms with Gasteiger partial charge in [-0.3, -0.25) is 0 Å². The Bertz CT molecular complexity index is 512. The summed E-state index contributed by atoms with van der Waals surface area (Å²) in [6.45, 7) is 3.67. The maximum atomic E-state index is 13.3. The number of hydrogen-bond acceptors (Lipinski definition) is 3. The van der Waals surface area contributed by atoms with E-state index in [0.717, 1.165) is 12.0 Å². The van der Waals surface area contributed by atoms with E-state index in [1.165, 1.54) is 5.56 Å². The van der Waals surface area contributed by atoms with Crippen molar-refractivity contribution >= 4 is 5.82 Å². The SMILES string of the molecule is CCc1ccc(-c2nc(C)c(F)c(N)n2)cc1. The van der Waals surface area contributed by atoms with E-state index in [4.69, 9.17) is 5.73 Å². The van der Waals surface area contributed by atoms with Crippen molar-refractivity contribution in [2.24, 2.45) is 0 Å². The molecule has 2 rings (SSSR count). The van der Waals surface area contributed by atoms with Crippen molar-refractivity contribution in [2.75, 3.05) is 5.73 Å². The van der Waals surface area contributed by atoms with Crippen molar-refractivity contribution in [2.45, 2.75) is 20.3 Å². The number of aryl methyl sites for hydroxylation is 2. The molecule has 0 saturated heterocycles. The maximum Gasteiger partial charge on any atom is 0.186 e. The molecule has 88 valence electrons. The van der Waals surface area contributed by atoms with Crippen LogP contribution in [0.5, 0.6) is 0 Å². The molecule has 0 unspecified atom stereocenters. The van der Waals surface area contributed by atoms with Gasteiger partial charge in [-0.1, -0.05) is 31.2 Å². The van der Waals surface area contributed by atoms with E-state index in [1.54, 1.807) is 6.92 Å². The van der Waals surface area contributed by atoms with Crippen LogP contribution >= 0.6 is 0 Å². The molecule has 0 bridgehead atoms. The second kappa shape index (κ2) is 4.49. The molecule has 1 heterocycles. The first-order chi connectivity index (χ1) is 8.11. The van der Waals surface area contributed by atoms with Gasteiger partial charge in [0.25, 0.3) is 0 Å². The Morgan fingerprint density at radius 2 is 1.82 bits per heavy atom. The molecule has 0 aliphatic heterocycles. The van der Waals surface area contributed by atoms with Gasteiger partial charge in [-0.05, 0) is 18.9 Å².